The fourth-order valence-corrected chi connectivity index (χ4v) is 2.61. The highest BCUT2D eigenvalue weighted by molar-refractivity contribution is 5.04. The van der Waals surface area contributed by atoms with E-state index < -0.39 is 0 Å². The van der Waals surface area contributed by atoms with Gasteiger partial charge in [-0.1, -0.05) is 13.8 Å². The van der Waals surface area contributed by atoms with Gasteiger partial charge in [-0.05, 0) is 19.3 Å². The second kappa shape index (κ2) is 5.65. The van der Waals surface area contributed by atoms with Gasteiger partial charge < -0.3 is 18.9 Å². The van der Waals surface area contributed by atoms with Crippen molar-refractivity contribution in [1.29, 1.82) is 0 Å². The van der Waals surface area contributed by atoms with Crippen molar-refractivity contribution in [2.45, 2.75) is 26.7 Å². The smallest absolute Gasteiger partial charge is 0.146 e. The van der Waals surface area contributed by atoms with Crippen molar-refractivity contribution < 1.29 is 18.9 Å². The maximum absolute atomic E-state index is 5.47. The van der Waals surface area contributed by atoms with Crippen molar-refractivity contribution in [2.75, 3.05) is 40.0 Å². The summed E-state index contributed by atoms with van der Waals surface area (Å²) < 4.78 is 21.9. The average molecular weight is 243 g/mol. The molecule has 2 heterocycles. The number of ether oxygens (including phenoxy) is 4. The van der Waals surface area contributed by atoms with Crippen LogP contribution in [-0.2, 0) is 18.9 Å². The van der Waals surface area contributed by atoms with Gasteiger partial charge in [0.1, 0.15) is 13.6 Å². The first-order chi connectivity index (χ1) is 8.24. The zero-order chi connectivity index (χ0) is 12.2. The van der Waals surface area contributed by atoms with Gasteiger partial charge in [0.25, 0.3) is 0 Å². The van der Waals surface area contributed by atoms with Gasteiger partial charge in [-0.15, -0.1) is 0 Å². The Labute approximate surface area is 104 Å². The lowest BCUT2D eigenvalue weighted by atomic mass is 9.69. The molecule has 2 aliphatic heterocycles. The monoisotopic (exact) mass is 243 g/mol. The molecule has 2 fully saturated rings. The van der Waals surface area contributed by atoms with E-state index in [2.05, 4.69) is 20.3 Å². The highest BCUT2D eigenvalue weighted by Crippen LogP contribution is 2.41. The molecule has 0 atom stereocenters. The van der Waals surface area contributed by atoms with Gasteiger partial charge in [-0.2, -0.15) is 0 Å². The second-order valence-corrected chi connectivity index (χ2v) is 5.21. The molecule has 2 rings (SSSR count). The molecule has 2 saturated heterocycles. The lowest BCUT2D eigenvalue weighted by Gasteiger charge is -2.45. The molecule has 1 radical (unpaired) electrons. The van der Waals surface area contributed by atoms with E-state index in [9.17, 15) is 0 Å². The molecule has 0 aromatic rings. The SMILES string of the molecule is CCC1([CH]C2(CC)COCOC2)COCOC1. The number of hydrogen-bond acceptors (Lipinski definition) is 4. The Morgan fingerprint density at radius 3 is 1.41 bits per heavy atom. The molecule has 4 nitrogen and oxygen atoms in total. The first-order valence-corrected chi connectivity index (χ1v) is 6.42. The van der Waals surface area contributed by atoms with Crippen LogP contribution in [0.3, 0.4) is 0 Å². The Morgan fingerprint density at radius 2 is 1.12 bits per heavy atom. The third kappa shape index (κ3) is 2.99. The van der Waals surface area contributed by atoms with Crippen LogP contribution in [0.5, 0.6) is 0 Å². The molecule has 0 bridgehead atoms. The molecule has 0 saturated carbocycles. The fourth-order valence-electron chi connectivity index (χ4n) is 2.61. The topological polar surface area (TPSA) is 36.9 Å². The van der Waals surface area contributed by atoms with E-state index in [0.29, 0.717) is 13.6 Å². The maximum Gasteiger partial charge on any atom is 0.146 e. The number of rotatable bonds is 4. The summed E-state index contributed by atoms with van der Waals surface area (Å²) in [6, 6.07) is 0. The van der Waals surface area contributed by atoms with E-state index >= 15 is 0 Å². The summed E-state index contributed by atoms with van der Waals surface area (Å²) in [5, 5.41) is 0. The van der Waals surface area contributed by atoms with Gasteiger partial charge in [0, 0.05) is 10.8 Å². The van der Waals surface area contributed by atoms with Crippen molar-refractivity contribution in [1.82, 2.24) is 0 Å². The molecule has 0 aromatic carbocycles. The maximum atomic E-state index is 5.47. The minimum absolute atomic E-state index is 0.0122. The van der Waals surface area contributed by atoms with Gasteiger partial charge in [-0.25, -0.2) is 0 Å². The fraction of sp³-hybridized carbons (Fsp3) is 0.923. The van der Waals surface area contributed by atoms with Gasteiger partial charge in [0.05, 0.1) is 26.4 Å². The van der Waals surface area contributed by atoms with Gasteiger partial charge in [0.2, 0.25) is 0 Å². The predicted octanol–water partition coefficient (Wildman–Crippen LogP) is 1.99. The Morgan fingerprint density at radius 1 is 0.765 bits per heavy atom. The van der Waals surface area contributed by atoms with Crippen LogP contribution in [0, 0.1) is 17.3 Å². The third-order valence-electron chi connectivity index (χ3n) is 3.91. The molecule has 0 aliphatic carbocycles. The molecular formula is C13H23O4. The highest BCUT2D eigenvalue weighted by Gasteiger charge is 2.43. The first-order valence-electron chi connectivity index (χ1n) is 6.42. The Bertz CT molecular complexity index is 206. The quantitative estimate of drug-likeness (QED) is 0.756. The van der Waals surface area contributed by atoms with E-state index in [-0.39, 0.29) is 10.8 Å². The number of hydrogen-bond donors (Lipinski definition) is 0. The predicted molar refractivity (Wildman–Crippen MR) is 63.3 cm³/mol. The summed E-state index contributed by atoms with van der Waals surface area (Å²) in [6.07, 6.45) is 4.42. The molecule has 0 aromatic heterocycles. The van der Waals surface area contributed by atoms with Gasteiger partial charge in [0.15, 0.2) is 0 Å². The van der Waals surface area contributed by atoms with Crippen molar-refractivity contribution >= 4 is 0 Å². The first kappa shape index (κ1) is 13.3. The second-order valence-electron chi connectivity index (χ2n) is 5.21. The molecule has 0 spiro atoms. The van der Waals surface area contributed by atoms with E-state index in [1.54, 1.807) is 0 Å². The Balaban J connectivity index is 2.04. The molecule has 0 N–H and O–H groups in total. The molecule has 17 heavy (non-hydrogen) atoms. The van der Waals surface area contributed by atoms with Crippen LogP contribution < -0.4 is 0 Å². The molecule has 99 valence electrons. The molecule has 2 aliphatic rings. The third-order valence-corrected chi connectivity index (χ3v) is 3.91. The summed E-state index contributed by atoms with van der Waals surface area (Å²) in [4.78, 5) is 0. The highest BCUT2D eigenvalue weighted by atomic mass is 16.7. The summed E-state index contributed by atoms with van der Waals surface area (Å²) in [5.41, 5.74) is 0.0244. The van der Waals surface area contributed by atoms with Crippen molar-refractivity contribution in [3.8, 4) is 0 Å². The summed E-state index contributed by atoms with van der Waals surface area (Å²) in [5.74, 6) is 0. The van der Waals surface area contributed by atoms with Gasteiger partial charge in [-0.3, -0.25) is 0 Å². The Hall–Kier alpha value is -0.160. The van der Waals surface area contributed by atoms with Crippen LogP contribution in [0.4, 0.5) is 0 Å². The summed E-state index contributed by atoms with van der Waals surface area (Å²) in [6.45, 7) is 8.17. The summed E-state index contributed by atoms with van der Waals surface area (Å²) in [7, 11) is 0. The Kier molecular flexibility index (Phi) is 4.42. The van der Waals surface area contributed by atoms with Crippen LogP contribution in [-0.4, -0.2) is 40.0 Å². The van der Waals surface area contributed by atoms with Crippen LogP contribution in [0.1, 0.15) is 26.7 Å². The van der Waals surface area contributed by atoms with Crippen LogP contribution in [0.2, 0.25) is 0 Å². The van der Waals surface area contributed by atoms with Crippen molar-refractivity contribution in [2.24, 2.45) is 10.8 Å². The normalized spacial score (nSPS) is 27.9. The summed E-state index contributed by atoms with van der Waals surface area (Å²) >= 11 is 0. The van der Waals surface area contributed by atoms with E-state index in [4.69, 9.17) is 18.9 Å². The average Bonchev–Trinajstić information content (AvgIpc) is 2.41. The van der Waals surface area contributed by atoms with Crippen LogP contribution >= 0.6 is 0 Å². The molecule has 4 heteroatoms. The van der Waals surface area contributed by atoms with Gasteiger partial charge >= 0.3 is 0 Å². The van der Waals surface area contributed by atoms with Crippen LogP contribution in [0.15, 0.2) is 0 Å². The van der Waals surface area contributed by atoms with E-state index in [0.717, 1.165) is 39.3 Å². The van der Waals surface area contributed by atoms with E-state index in [1.807, 2.05) is 0 Å². The standard InChI is InChI=1S/C13H23O4/c1-3-12(6-14-10-15-7-12)5-13(4-2)8-16-11-17-9-13/h5H,3-4,6-11H2,1-2H3. The lowest BCUT2D eigenvalue weighted by molar-refractivity contribution is -0.185. The van der Waals surface area contributed by atoms with Crippen LogP contribution in [0.25, 0.3) is 0 Å². The minimum atomic E-state index is 0.0122. The van der Waals surface area contributed by atoms with Crippen molar-refractivity contribution in [3.63, 3.8) is 0 Å². The zero-order valence-electron chi connectivity index (χ0n) is 10.9. The lowest BCUT2D eigenvalue weighted by Crippen LogP contribution is -2.47. The largest absolute Gasteiger partial charge is 0.355 e. The van der Waals surface area contributed by atoms with Crippen molar-refractivity contribution in [3.05, 3.63) is 6.42 Å². The zero-order valence-corrected chi connectivity index (χ0v) is 10.9. The molecule has 0 amide bonds. The molecule has 0 unspecified atom stereocenters. The minimum Gasteiger partial charge on any atom is -0.355 e. The van der Waals surface area contributed by atoms with E-state index in [1.165, 1.54) is 0 Å². The molecular weight excluding hydrogens is 220 g/mol.